The zero-order chi connectivity index (χ0) is 21.7. The lowest BCUT2D eigenvalue weighted by Gasteiger charge is -2.07. The average Bonchev–Trinajstić information content (AvgIpc) is 3.09. The van der Waals surface area contributed by atoms with Crippen LogP contribution in [0.1, 0.15) is 27.6 Å². The highest BCUT2D eigenvalue weighted by Crippen LogP contribution is 2.24. The van der Waals surface area contributed by atoms with Crippen LogP contribution in [0.3, 0.4) is 0 Å². The number of benzene rings is 2. The van der Waals surface area contributed by atoms with Crippen molar-refractivity contribution in [2.24, 2.45) is 4.99 Å². The van der Waals surface area contributed by atoms with Gasteiger partial charge in [-0.3, -0.25) is 4.79 Å². The molecular weight excluding hydrogens is 428 g/mol. The van der Waals surface area contributed by atoms with E-state index in [-0.39, 0.29) is 5.56 Å². The molecule has 9 heteroatoms. The maximum absolute atomic E-state index is 12.9. The minimum atomic E-state index is -0.473. The van der Waals surface area contributed by atoms with E-state index < -0.39 is 11.9 Å². The highest BCUT2D eigenvalue weighted by molar-refractivity contribution is 7.16. The van der Waals surface area contributed by atoms with Crippen LogP contribution in [0.25, 0.3) is 10.2 Å². The number of hydrogen-bond donors (Lipinski definition) is 0. The fourth-order valence-corrected chi connectivity index (χ4v) is 4.18. The lowest BCUT2D eigenvalue weighted by molar-refractivity contribution is 0.0600. The van der Waals surface area contributed by atoms with Crippen LogP contribution >= 0.6 is 22.9 Å². The molecule has 0 aliphatic rings. The Labute approximate surface area is 182 Å². The number of amides is 1. The van der Waals surface area contributed by atoms with Crippen LogP contribution in [0, 0.1) is 0 Å². The molecule has 3 aromatic rings. The first-order valence-corrected chi connectivity index (χ1v) is 10.4. The topological polar surface area (TPSA) is 79.1 Å². The van der Waals surface area contributed by atoms with Gasteiger partial charge in [0, 0.05) is 18.2 Å². The largest absolute Gasteiger partial charge is 0.496 e. The van der Waals surface area contributed by atoms with E-state index in [2.05, 4.69) is 4.99 Å². The van der Waals surface area contributed by atoms with E-state index in [1.165, 1.54) is 31.6 Å². The first kappa shape index (κ1) is 22.0. The van der Waals surface area contributed by atoms with Crippen molar-refractivity contribution in [2.75, 3.05) is 27.4 Å². The number of methoxy groups -OCH3 is 2. The van der Waals surface area contributed by atoms with Crippen molar-refractivity contribution in [1.82, 2.24) is 4.57 Å². The van der Waals surface area contributed by atoms with Gasteiger partial charge < -0.3 is 18.8 Å². The summed E-state index contributed by atoms with van der Waals surface area (Å²) in [6, 6.07) is 10.0. The minimum absolute atomic E-state index is 0.272. The molecule has 3 rings (SSSR count). The Bertz CT molecular complexity index is 1150. The molecule has 0 saturated carbocycles. The lowest BCUT2D eigenvalue weighted by atomic mass is 10.2. The molecule has 0 atom stereocenters. The van der Waals surface area contributed by atoms with Crippen LogP contribution in [-0.2, 0) is 16.0 Å². The summed E-state index contributed by atoms with van der Waals surface area (Å²) in [7, 11) is 2.82. The Balaban J connectivity index is 2.12. The van der Waals surface area contributed by atoms with E-state index in [9.17, 15) is 9.59 Å². The Morgan fingerprint density at radius 1 is 1.17 bits per heavy atom. The first-order valence-electron chi connectivity index (χ1n) is 9.20. The van der Waals surface area contributed by atoms with Crippen molar-refractivity contribution in [3.05, 3.63) is 57.3 Å². The predicted molar refractivity (Wildman–Crippen MR) is 116 cm³/mol. The average molecular weight is 449 g/mol. The van der Waals surface area contributed by atoms with E-state index in [1.54, 1.807) is 24.3 Å². The molecule has 0 saturated heterocycles. The van der Waals surface area contributed by atoms with Crippen LogP contribution in [0.5, 0.6) is 5.75 Å². The molecule has 158 valence electrons. The quantitative estimate of drug-likeness (QED) is 0.404. The summed E-state index contributed by atoms with van der Waals surface area (Å²) in [6.45, 7) is 3.46. The zero-order valence-electron chi connectivity index (χ0n) is 16.8. The highest BCUT2D eigenvalue weighted by Gasteiger charge is 2.15. The highest BCUT2D eigenvalue weighted by atomic mass is 35.5. The summed E-state index contributed by atoms with van der Waals surface area (Å²) in [5.74, 6) is -0.508. The molecular formula is C21H21ClN2O5S. The second kappa shape index (κ2) is 9.88. The molecule has 0 bridgehead atoms. The van der Waals surface area contributed by atoms with Gasteiger partial charge in [-0.2, -0.15) is 4.99 Å². The SMILES string of the molecule is CCOCCn1c(=NC(=O)c2cc(Cl)ccc2OC)sc2cc(C(=O)OC)ccc21. The third-order valence-electron chi connectivity index (χ3n) is 4.36. The number of hydrogen-bond acceptors (Lipinski definition) is 6. The van der Waals surface area contributed by atoms with Crippen molar-refractivity contribution >= 4 is 45.0 Å². The maximum Gasteiger partial charge on any atom is 0.337 e. The Hall–Kier alpha value is -2.68. The van der Waals surface area contributed by atoms with Crippen molar-refractivity contribution in [2.45, 2.75) is 13.5 Å². The van der Waals surface area contributed by atoms with Crippen LogP contribution in [0.4, 0.5) is 0 Å². The number of halogens is 1. The number of rotatable bonds is 7. The molecule has 0 radical (unpaired) electrons. The van der Waals surface area contributed by atoms with Crippen molar-refractivity contribution < 1.29 is 23.8 Å². The number of carbonyl (C=O) groups is 2. The summed E-state index contributed by atoms with van der Waals surface area (Å²) < 4.78 is 18.2. The molecule has 0 unspecified atom stereocenters. The number of carbonyl (C=O) groups excluding carboxylic acids is 2. The number of aromatic nitrogens is 1. The molecule has 7 nitrogen and oxygen atoms in total. The van der Waals surface area contributed by atoms with E-state index in [4.69, 9.17) is 25.8 Å². The first-order chi connectivity index (χ1) is 14.5. The van der Waals surface area contributed by atoms with Gasteiger partial charge in [0.1, 0.15) is 5.75 Å². The summed E-state index contributed by atoms with van der Waals surface area (Å²) in [5.41, 5.74) is 1.55. The standard InChI is InChI=1S/C21H21ClN2O5S/c1-4-29-10-9-24-16-7-5-13(20(26)28-3)11-18(16)30-21(24)23-19(25)15-12-14(22)6-8-17(15)27-2/h5-8,11-12H,4,9-10H2,1-3H3. The Morgan fingerprint density at radius 2 is 1.97 bits per heavy atom. The van der Waals surface area contributed by atoms with Gasteiger partial charge in [-0.1, -0.05) is 22.9 Å². The third kappa shape index (κ3) is 4.72. The molecule has 0 aliphatic carbocycles. The molecule has 2 aromatic carbocycles. The summed E-state index contributed by atoms with van der Waals surface area (Å²) in [4.78, 5) is 29.6. The van der Waals surface area contributed by atoms with Gasteiger partial charge in [-0.15, -0.1) is 0 Å². The maximum atomic E-state index is 12.9. The van der Waals surface area contributed by atoms with E-state index in [0.29, 0.717) is 40.9 Å². The normalized spacial score (nSPS) is 11.7. The second-order valence-electron chi connectivity index (χ2n) is 6.17. The summed E-state index contributed by atoms with van der Waals surface area (Å²) in [6.07, 6.45) is 0. The monoisotopic (exact) mass is 448 g/mol. The predicted octanol–water partition coefficient (Wildman–Crippen LogP) is 3.93. The Kier molecular flexibility index (Phi) is 7.25. The molecule has 0 aliphatic heterocycles. The lowest BCUT2D eigenvalue weighted by Crippen LogP contribution is -2.20. The summed E-state index contributed by atoms with van der Waals surface area (Å²) >= 11 is 7.35. The second-order valence-corrected chi connectivity index (χ2v) is 7.61. The zero-order valence-corrected chi connectivity index (χ0v) is 18.4. The molecule has 0 N–H and O–H groups in total. The molecule has 1 aromatic heterocycles. The van der Waals surface area contributed by atoms with Gasteiger partial charge in [-0.05, 0) is 43.3 Å². The van der Waals surface area contributed by atoms with Gasteiger partial charge in [-0.25, -0.2) is 4.79 Å². The van der Waals surface area contributed by atoms with Gasteiger partial charge in [0.15, 0.2) is 4.80 Å². The fourth-order valence-electron chi connectivity index (χ4n) is 2.91. The third-order valence-corrected chi connectivity index (χ3v) is 5.63. The van der Waals surface area contributed by atoms with Crippen molar-refractivity contribution in [1.29, 1.82) is 0 Å². The van der Waals surface area contributed by atoms with Crippen molar-refractivity contribution in [3.63, 3.8) is 0 Å². The van der Waals surface area contributed by atoms with E-state index >= 15 is 0 Å². The number of thiazole rings is 1. The fraction of sp³-hybridized carbons (Fsp3) is 0.286. The van der Waals surface area contributed by atoms with Crippen LogP contribution < -0.4 is 9.54 Å². The number of ether oxygens (including phenoxy) is 3. The number of nitrogens with zero attached hydrogens (tertiary/aromatic N) is 2. The van der Waals surface area contributed by atoms with Gasteiger partial charge in [0.2, 0.25) is 0 Å². The number of esters is 1. The molecule has 0 fully saturated rings. The Morgan fingerprint density at radius 3 is 2.67 bits per heavy atom. The van der Waals surface area contributed by atoms with E-state index in [0.717, 1.165) is 10.2 Å². The molecule has 1 heterocycles. The van der Waals surface area contributed by atoms with Crippen LogP contribution in [0.15, 0.2) is 41.4 Å². The molecule has 1 amide bonds. The summed E-state index contributed by atoms with van der Waals surface area (Å²) in [5, 5.41) is 0.414. The van der Waals surface area contributed by atoms with E-state index in [1.807, 2.05) is 17.6 Å². The van der Waals surface area contributed by atoms with Gasteiger partial charge >= 0.3 is 5.97 Å². The van der Waals surface area contributed by atoms with Gasteiger partial charge in [0.25, 0.3) is 5.91 Å². The molecule has 0 spiro atoms. The van der Waals surface area contributed by atoms with Crippen LogP contribution in [0.2, 0.25) is 5.02 Å². The number of fused-ring (bicyclic) bond motifs is 1. The smallest absolute Gasteiger partial charge is 0.337 e. The van der Waals surface area contributed by atoms with Crippen LogP contribution in [-0.4, -0.2) is 43.9 Å². The van der Waals surface area contributed by atoms with Gasteiger partial charge in [0.05, 0.1) is 42.2 Å². The molecule has 30 heavy (non-hydrogen) atoms. The minimum Gasteiger partial charge on any atom is -0.496 e. The van der Waals surface area contributed by atoms with Crippen molar-refractivity contribution in [3.8, 4) is 5.75 Å².